The van der Waals surface area contributed by atoms with E-state index >= 15 is 0 Å². The Bertz CT molecular complexity index is 4590. The zero-order valence-electron chi connectivity index (χ0n) is 42.1. The van der Waals surface area contributed by atoms with E-state index in [2.05, 4.69) is 26.3 Å². The topological polar surface area (TPSA) is 288 Å². The van der Waals surface area contributed by atoms with Gasteiger partial charge in [-0.1, -0.05) is 60.7 Å². The molecule has 0 unspecified atom stereocenters. The zero-order chi connectivity index (χ0) is 56.1. The van der Waals surface area contributed by atoms with Crippen LogP contribution in [0.1, 0.15) is 48.8 Å². The van der Waals surface area contributed by atoms with Gasteiger partial charge in [-0.3, -0.25) is 33.2 Å². The van der Waals surface area contributed by atoms with Crippen LogP contribution >= 0.6 is 0 Å². The van der Waals surface area contributed by atoms with Crippen molar-refractivity contribution in [2.45, 2.75) is 48.3 Å². The summed E-state index contributed by atoms with van der Waals surface area (Å²) in [6.45, 7) is 5.50. The number of nitrogens with zero attached hydrogens (tertiary/aromatic N) is 2. The molecule has 398 valence electrons. The van der Waals surface area contributed by atoms with Crippen molar-refractivity contribution < 1.29 is 53.3 Å². The molecule has 18 nitrogen and oxygen atoms in total. The SMILES string of the molecule is Cc1cc(Nc2cc(C)nc3ccc(CC(=O)c4cccc(NC(=O)Nc5cccc(C(=O)Cc6ccc7nc(C)cc(Nc8cccc9cc(S(=O)(=O)O)cc(S(=O)(=O)O)c89)c7c6)c5)c4)cc23)c2ccc(S(=O)(=O)O)cc2c1. The van der Waals surface area contributed by atoms with E-state index in [4.69, 9.17) is 4.98 Å². The largest absolute Gasteiger partial charge is 0.354 e. The van der Waals surface area contributed by atoms with Crippen molar-refractivity contribution in [2.75, 3.05) is 21.3 Å². The monoisotopic (exact) mass is 1110 g/mol. The minimum Gasteiger partial charge on any atom is -0.354 e. The highest BCUT2D eigenvalue weighted by atomic mass is 32.2. The average molecular weight is 1120 g/mol. The summed E-state index contributed by atoms with van der Waals surface area (Å²) < 4.78 is 102. The minimum absolute atomic E-state index is 0.0234. The van der Waals surface area contributed by atoms with Crippen LogP contribution in [0.25, 0.3) is 43.4 Å². The smallest absolute Gasteiger partial charge is 0.323 e. The van der Waals surface area contributed by atoms with Gasteiger partial charge < -0.3 is 21.3 Å². The van der Waals surface area contributed by atoms with Crippen LogP contribution in [-0.2, 0) is 43.2 Å². The van der Waals surface area contributed by atoms with Gasteiger partial charge in [-0.15, -0.1) is 0 Å². The Hall–Kier alpha value is -8.96. The van der Waals surface area contributed by atoms with Gasteiger partial charge in [-0.25, -0.2) is 4.79 Å². The molecule has 2 amide bonds. The quantitative estimate of drug-likeness (QED) is 0.0371. The molecule has 10 aromatic rings. The van der Waals surface area contributed by atoms with Crippen LogP contribution in [0.2, 0.25) is 0 Å². The molecule has 0 saturated carbocycles. The van der Waals surface area contributed by atoms with Crippen molar-refractivity contribution in [3.8, 4) is 0 Å². The summed E-state index contributed by atoms with van der Waals surface area (Å²) in [5.41, 5.74) is 8.07. The minimum atomic E-state index is -5.00. The number of nitrogens with one attached hydrogen (secondary N) is 4. The van der Waals surface area contributed by atoms with Gasteiger partial charge in [-0.05, 0) is 145 Å². The first-order valence-corrected chi connectivity index (χ1v) is 28.5. The number of anilines is 6. The number of ketones is 2. The van der Waals surface area contributed by atoms with Gasteiger partial charge in [0.2, 0.25) is 0 Å². The van der Waals surface area contributed by atoms with E-state index in [1.54, 1.807) is 79.7 Å². The van der Waals surface area contributed by atoms with Crippen LogP contribution < -0.4 is 21.3 Å². The average Bonchev–Trinajstić information content (AvgIpc) is 3.51. The third-order valence-electron chi connectivity index (χ3n) is 13.0. The Labute approximate surface area is 452 Å². The van der Waals surface area contributed by atoms with E-state index in [0.717, 1.165) is 28.1 Å². The molecule has 7 N–H and O–H groups in total. The predicted octanol–water partition coefficient (Wildman–Crippen LogP) is 11.7. The summed E-state index contributed by atoms with van der Waals surface area (Å²) in [4.78, 5) is 48.6. The number of carbonyl (C=O) groups excluding carboxylic acids is 3. The molecule has 0 aliphatic rings. The van der Waals surface area contributed by atoms with E-state index < -0.39 is 46.2 Å². The number of carbonyl (C=O) groups is 3. The maximum absolute atomic E-state index is 13.8. The molecule has 0 radical (unpaired) electrons. The van der Waals surface area contributed by atoms with Crippen LogP contribution in [-0.4, -0.2) is 66.5 Å². The molecule has 0 atom stereocenters. The number of hydrogen-bond acceptors (Lipinski definition) is 13. The first-order chi connectivity index (χ1) is 37.4. The Kier molecular flexibility index (Phi) is 14.1. The van der Waals surface area contributed by atoms with Crippen molar-refractivity contribution >= 4 is 125 Å². The van der Waals surface area contributed by atoms with Crippen LogP contribution in [0.3, 0.4) is 0 Å². The summed E-state index contributed by atoms with van der Waals surface area (Å²) in [6.07, 6.45) is -0.0435. The highest BCUT2D eigenvalue weighted by Gasteiger charge is 2.24. The number of amides is 2. The van der Waals surface area contributed by atoms with Crippen molar-refractivity contribution in [1.29, 1.82) is 0 Å². The fraction of sp³-hybridized carbons (Fsp3) is 0.0862. The molecule has 79 heavy (non-hydrogen) atoms. The third kappa shape index (κ3) is 11.8. The van der Waals surface area contributed by atoms with Gasteiger partial charge in [0.05, 0.1) is 20.8 Å². The number of Topliss-reactive ketones (excluding diaryl/α,β-unsaturated/α-hetero) is 2. The highest BCUT2D eigenvalue weighted by molar-refractivity contribution is 7.87. The van der Waals surface area contributed by atoms with E-state index in [9.17, 15) is 53.3 Å². The molecular weight excluding hydrogens is 1070 g/mol. The number of hydrogen-bond donors (Lipinski definition) is 7. The second-order valence-electron chi connectivity index (χ2n) is 19.0. The first kappa shape index (κ1) is 53.4. The summed E-state index contributed by atoms with van der Waals surface area (Å²) in [5.74, 6) is -0.498. The van der Waals surface area contributed by atoms with Gasteiger partial charge in [-0.2, -0.15) is 25.3 Å². The predicted molar refractivity (Wildman–Crippen MR) is 303 cm³/mol. The second kappa shape index (κ2) is 20.8. The molecule has 2 heterocycles. The van der Waals surface area contributed by atoms with Crippen molar-refractivity contribution in [3.05, 3.63) is 197 Å². The first-order valence-electron chi connectivity index (χ1n) is 24.1. The lowest BCUT2D eigenvalue weighted by Gasteiger charge is -2.16. The molecule has 0 fully saturated rings. The van der Waals surface area contributed by atoms with Gasteiger partial charge >= 0.3 is 6.03 Å². The van der Waals surface area contributed by atoms with Gasteiger partial charge in [0.15, 0.2) is 11.6 Å². The Morgan fingerprint density at radius 2 is 0.962 bits per heavy atom. The lowest BCUT2D eigenvalue weighted by molar-refractivity contribution is 0.0985. The number of pyridine rings is 2. The standard InChI is InChI=1S/C58H46N6O12S3/c1-32-19-40-30-43(77(68,69)70)15-16-45(40)51(20-32)64-53-22-34(3)60-49-18-14-36(24-47(49)53)26-55(66)38-8-5-11-42(28-38)62-58(67)61-41-10-4-7-37(27-41)54(65)25-35-13-17-48-46(23-35)52(21-33(2)59-48)63-50-12-6-9-39-29-44(78(71,72)73)31-56(57(39)50)79(74,75)76/h4-24,27-31H,25-26H2,1-3H3,(H,59,63)(H,60,64)(H2,61,62,67)(H,68,69,70)(H,71,72,73)(H,74,75,76). The number of fused-ring (bicyclic) bond motifs is 4. The number of aromatic nitrogens is 2. The lowest BCUT2D eigenvalue weighted by atomic mass is 10.00. The summed E-state index contributed by atoms with van der Waals surface area (Å²) in [6, 6.07) is 41.1. The molecular formula is C58H46N6O12S3. The van der Waals surface area contributed by atoms with Crippen LogP contribution in [0.5, 0.6) is 0 Å². The Balaban J connectivity index is 0.817. The molecule has 2 aromatic heterocycles. The summed E-state index contributed by atoms with van der Waals surface area (Å²) in [5, 5.41) is 14.9. The molecule has 21 heteroatoms. The normalized spacial score (nSPS) is 12.0. The van der Waals surface area contributed by atoms with E-state index in [1.165, 1.54) is 36.4 Å². The fourth-order valence-corrected chi connectivity index (χ4v) is 11.4. The van der Waals surface area contributed by atoms with Crippen molar-refractivity contribution in [2.24, 2.45) is 0 Å². The summed E-state index contributed by atoms with van der Waals surface area (Å²) in [7, 11) is -14.3. The van der Waals surface area contributed by atoms with Crippen LogP contribution in [0.4, 0.5) is 38.9 Å². The van der Waals surface area contributed by atoms with Gasteiger partial charge in [0.25, 0.3) is 30.4 Å². The molecule has 8 aromatic carbocycles. The maximum Gasteiger partial charge on any atom is 0.323 e. The van der Waals surface area contributed by atoms with Gasteiger partial charge in [0.1, 0.15) is 4.90 Å². The van der Waals surface area contributed by atoms with Crippen molar-refractivity contribution in [3.63, 3.8) is 0 Å². The zero-order valence-corrected chi connectivity index (χ0v) is 44.5. The van der Waals surface area contributed by atoms with Crippen LogP contribution in [0.15, 0.2) is 172 Å². The molecule has 0 spiro atoms. The molecule has 0 bridgehead atoms. The fourth-order valence-electron chi connectivity index (χ4n) is 9.52. The Morgan fingerprint density at radius 3 is 1.49 bits per heavy atom. The maximum atomic E-state index is 13.8. The second-order valence-corrected chi connectivity index (χ2v) is 23.2. The van der Waals surface area contributed by atoms with E-state index in [-0.39, 0.29) is 45.8 Å². The van der Waals surface area contributed by atoms with Crippen molar-refractivity contribution in [1.82, 2.24) is 9.97 Å². The number of urea groups is 1. The molecule has 0 aliphatic heterocycles. The lowest BCUT2D eigenvalue weighted by Crippen LogP contribution is -2.20. The van der Waals surface area contributed by atoms with E-state index in [1.807, 2.05) is 50.2 Å². The van der Waals surface area contributed by atoms with E-state index in [0.29, 0.717) is 84.3 Å². The highest BCUT2D eigenvalue weighted by Crippen LogP contribution is 2.38. The number of rotatable bonds is 15. The molecule has 0 aliphatic carbocycles. The van der Waals surface area contributed by atoms with Crippen LogP contribution in [0, 0.1) is 20.8 Å². The molecule has 10 rings (SSSR count). The third-order valence-corrected chi connectivity index (χ3v) is 15.6. The molecule has 0 saturated heterocycles. The van der Waals surface area contributed by atoms with Gasteiger partial charge in [0, 0.05) is 91.0 Å². The number of aryl methyl sites for hydroxylation is 3. The Morgan fingerprint density at radius 1 is 0.456 bits per heavy atom. The number of benzene rings is 8. The summed E-state index contributed by atoms with van der Waals surface area (Å²) >= 11 is 0.